The van der Waals surface area contributed by atoms with Crippen molar-refractivity contribution in [2.45, 2.75) is 33.1 Å². The zero-order valence-electron chi connectivity index (χ0n) is 11.9. The van der Waals surface area contributed by atoms with Gasteiger partial charge in [-0.2, -0.15) is 0 Å². The summed E-state index contributed by atoms with van der Waals surface area (Å²) in [5.41, 5.74) is 3.57. The van der Waals surface area contributed by atoms with Crippen molar-refractivity contribution < 1.29 is 4.74 Å². The Bertz CT molecular complexity index is 520. The molecule has 1 heterocycles. The molecule has 100 valence electrons. The Hall–Kier alpha value is -1.83. The van der Waals surface area contributed by atoms with Crippen LogP contribution in [0, 0.1) is 6.92 Å². The third-order valence-electron chi connectivity index (χ3n) is 3.22. The van der Waals surface area contributed by atoms with E-state index in [4.69, 9.17) is 4.74 Å². The molecule has 0 amide bonds. The summed E-state index contributed by atoms with van der Waals surface area (Å²) in [4.78, 5) is 4.30. The Kier molecular flexibility index (Phi) is 4.56. The van der Waals surface area contributed by atoms with Gasteiger partial charge in [0.25, 0.3) is 0 Å². The number of benzene rings is 1. The molecule has 19 heavy (non-hydrogen) atoms. The minimum atomic E-state index is 0.527. The van der Waals surface area contributed by atoms with Gasteiger partial charge in [-0.25, -0.2) is 0 Å². The highest BCUT2D eigenvalue weighted by Crippen LogP contribution is 2.24. The van der Waals surface area contributed by atoms with Crippen molar-refractivity contribution in [2.24, 2.45) is 0 Å². The van der Waals surface area contributed by atoms with Gasteiger partial charge in [0, 0.05) is 18.3 Å². The summed E-state index contributed by atoms with van der Waals surface area (Å²) in [6, 6.07) is 12.4. The molecule has 0 aliphatic carbocycles. The predicted molar refractivity (Wildman–Crippen MR) is 78.7 cm³/mol. The van der Waals surface area contributed by atoms with Gasteiger partial charge in [-0.05, 0) is 42.2 Å². The Labute approximate surface area is 115 Å². The third-order valence-corrected chi connectivity index (χ3v) is 3.22. The molecule has 2 rings (SSSR count). The monoisotopic (exact) mass is 255 g/mol. The molecule has 1 aromatic carbocycles. The lowest BCUT2D eigenvalue weighted by atomic mass is 10.0. The van der Waals surface area contributed by atoms with E-state index in [1.807, 2.05) is 24.4 Å². The highest BCUT2D eigenvalue weighted by molar-refractivity contribution is 5.37. The average Bonchev–Trinajstić information content (AvgIpc) is 2.42. The number of rotatable bonds is 5. The second-order valence-electron chi connectivity index (χ2n) is 5.10. The molecule has 0 saturated carbocycles. The maximum atomic E-state index is 5.89. The van der Waals surface area contributed by atoms with Crippen molar-refractivity contribution in [1.29, 1.82) is 0 Å². The number of pyridine rings is 1. The van der Waals surface area contributed by atoms with Gasteiger partial charge in [0.15, 0.2) is 0 Å². The lowest BCUT2D eigenvalue weighted by Crippen LogP contribution is -2.04. The SMILES string of the molecule is Cc1ccc(C(C)C)cc1OCCc1ccccn1. The highest BCUT2D eigenvalue weighted by Gasteiger charge is 2.05. The van der Waals surface area contributed by atoms with E-state index in [2.05, 4.69) is 44.0 Å². The average molecular weight is 255 g/mol. The molecule has 0 bridgehead atoms. The van der Waals surface area contributed by atoms with Crippen molar-refractivity contribution in [2.75, 3.05) is 6.61 Å². The molecular formula is C17H21NO. The molecule has 2 nitrogen and oxygen atoms in total. The number of aromatic nitrogens is 1. The predicted octanol–water partition coefficient (Wildman–Crippen LogP) is 4.13. The maximum absolute atomic E-state index is 5.89. The Morgan fingerprint density at radius 3 is 2.68 bits per heavy atom. The van der Waals surface area contributed by atoms with Crippen LogP contribution in [0.5, 0.6) is 5.75 Å². The summed E-state index contributed by atoms with van der Waals surface area (Å²) < 4.78 is 5.89. The first kappa shape index (κ1) is 13.6. The van der Waals surface area contributed by atoms with E-state index in [9.17, 15) is 0 Å². The van der Waals surface area contributed by atoms with Gasteiger partial charge in [-0.3, -0.25) is 4.98 Å². The number of hydrogen-bond acceptors (Lipinski definition) is 2. The standard InChI is InChI=1S/C17H21NO/c1-13(2)15-8-7-14(3)17(12-15)19-11-9-16-6-4-5-10-18-16/h4-8,10,12-13H,9,11H2,1-3H3. The number of nitrogens with zero attached hydrogens (tertiary/aromatic N) is 1. The summed E-state index contributed by atoms with van der Waals surface area (Å²) in [6.45, 7) is 7.14. The van der Waals surface area contributed by atoms with Crippen LogP contribution in [0.4, 0.5) is 0 Å². The molecule has 0 aliphatic rings. The molecule has 0 radical (unpaired) electrons. The number of ether oxygens (including phenoxy) is 1. The second kappa shape index (κ2) is 6.37. The third kappa shape index (κ3) is 3.82. The number of aryl methyl sites for hydroxylation is 1. The van der Waals surface area contributed by atoms with Crippen LogP contribution in [0.25, 0.3) is 0 Å². The Balaban J connectivity index is 1.97. The molecule has 0 aliphatic heterocycles. The first-order valence-corrected chi connectivity index (χ1v) is 6.80. The molecule has 0 atom stereocenters. The van der Waals surface area contributed by atoms with E-state index < -0.39 is 0 Å². The molecular weight excluding hydrogens is 234 g/mol. The fourth-order valence-electron chi connectivity index (χ4n) is 1.94. The van der Waals surface area contributed by atoms with E-state index in [0.717, 1.165) is 17.9 Å². The molecule has 0 N–H and O–H groups in total. The van der Waals surface area contributed by atoms with Crippen molar-refractivity contribution in [1.82, 2.24) is 4.98 Å². The normalized spacial score (nSPS) is 10.7. The first-order chi connectivity index (χ1) is 9.16. The minimum Gasteiger partial charge on any atom is -0.493 e. The molecule has 0 spiro atoms. The molecule has 2 heteroatoms. The fourth-order valence-corrected chi connectivity index (χ4v) is 1.94. The van der Waals surface area contributed by atoms with Crippen molar-refractivity contribution >= 4 is 0 Å². The van der Waals surface area contributed by atoms with Crippen LogP contribution >= 0.6 is 0 Å². The van der Waals surface area contributed by atoms with Crippen molar-refractivity contribution in [3.8, 4) is 5.75 Å². The summed E-state index contributed by atoms with van der Waals surface area (Å²) in [5.74, 6) is 1.51. The van der Waals surface area contributed by atoms with E-state index in [-0.39, 0.29) is 0 Å². The Morgan fingerprint density at radius 1 is 1.16 bits per heavy atom. The van der Waals surface area contributed by atoms with Crippen LogP contribution in [0.15, 0.2) is 42.6 Å². The maximum Gasteiger partial charge on any atom is 0.122 e. The summed E-state index contributed by atoms with van der Waals surface area (Å²) in [5, 5.41) is 0. The smallest absolute Gasteiger partial charge is 0.122 e. The summed E-state index contributed by atoms with van der Waals surface area (Å²) in [7, 11) is 0. The lowest BCUT2D eigenvalue weighted by molar-refractivity contribution is 0.318. The van der Waals surface area contributed by atoms with Gasteiger partial charge in [-0.1, -0.05) is 32.0 Å². The van der Waals surface area contributed by atoms with Crippen LogP contribution in [-0.2, 0) is 6.42 Å². The van der Waals surface area contributed by atoms with Gasteiger partial charge in [-0.15, -0.1) is 0 Å². The van der Waals surface area contributed by atoms with Crippen LogP contribution in [0.1, 0.15) is 36.6 Å². The van der Waals surface area contributed by atoms with E-state index in [1.54, 1.807) is 0 Å². The second-order valence-corrected chi connectivity index (χ2v) is 5.10. The topological polar surface area (TPSA) is 22.1 Å². The van der Waals surface area contributed by atoms with Crippen molar-refractivity contribution in [3.63, 3.8) is 0 Å². The van der Waals surface area contributed by atoms with Crippen molar-refractivity contribution in [3.05, 3.63) is 59.4 Å². The van der Waals surface area contributed by atoms with Gasteiger partial charge in [0.2, 0.25) is 0 Å². The molecule has 0 fully saturated rings. The Morgan fingerprint density at radius 2 is 2.00 bits per heavy atom. The molecule has 2 aromatic rings. The van der Waals surface area contributed by atoms with E-state index >= 15 is 0 Å². The van der Waals surface area contributed by atoms with Crippen LogP contribution in [-0.4, -0.2) is 11.6 Å². The molecule has 0 unspecified atom stereocenters. The summed E-state index contributed by atoms with van der Waals surface area (Å²) >= 11 is 0. The fraction of sp³-hybridized carbons (Fsp3) is 0.353. The van der Waals surface area contributed by atoms with Gasteiger partial charge in [0.1, 0.15) is 5.75 Å². The van der Waals surface area contributed by atoms with Gasteiger partial charge < -0.3 is 4.74 Å². The zero-order chi connectivity index (χ0) is 13.7. The molecule has 0 saturated heterocycles. The van der Waals surface area contributed by atoms with Crippen LogP contribution in [0.3, 0.4) is 0 Å². The van der Waals surface area contributed by atoms with Crippen LogP contribution in [0.2, 0.25) is 0 Å². The lowest BCUT2D eigenvalue weighted by Gasteiger charge is -2.12. The van der Waals surface area contributed by atoms with E-state index in [0.29, 0.717) is 12.5 Å². The number of hydrogen-bond donors (Lipinski definition) is 0. The highest BCUT2D eigenvalue weighted by atomic mass is 16.5. The molecule has 1 aromatic heterocycles. The van der Waals surface area contributed by atoms with Crippen LogP contribution < -0.4 is 4.74 Å². The largest absolute Gasteiger partial charge is 0.493 e. The first-order valence-electron chi connectivity index (χ1n) is 6.80. The zero-order valence-corrected chi connectivity index (χ0v) is 11.9. The summed E-state index contributed by atoms with van der Waals surface area (Å²) in [6.07, 6.45) is 2.66. The van der Waals surface area contributed by atoms with E-state index in [1.165, 1.54) is 11.1 Å². The van der Waals surface area contributed by atoms with Gasteiger partial charge in [0.05, 0.1) is 6.61 Å². The van der Waals surface area contributed by atoms with Gasteiger partial charge >= 0.3 is 0 Å². The minimum absolute atomic E-state index is 0.527. The quantitative estimate of drug-likeness (QED) is 0.801.